The minimum Gasteiger partial charge on any atom is -0.491 e. The normalized spacial score (nSPS) is 10.5. The van der Waals surface area contributed by atoms with E-state index in [1.165, 1.54) is 5.56 Å². The van der Waals surface area contributed by atoms with Crippen LogP contribution in [0.1, 0.15) is 67.1 Å². The maximum Gasteiger partial charge on any atom is 0.338 e. The van der Waals surface area contributed by atoms with Gasteiger partial charge in [-0.2, -0.15) is 0 Å². The van der Waals surface area contributed by atoms with Gasteiger partial charge in [-0.15, -0.1) is 0 Å². The molecule has 0 heterocycles. The molecule has 8 nitrogen and oxygen atoms in total. The van der Waals surface area contributed by atoms with E-state index in [4.69, 9.17) is 19.9 Å². The Morgan fingerprint density at radius 1 is 0.750 bits per heavy atom. The number of anilines is 1. The third kappa shape index (κ3) is 14.0. The van der Waals surface area contributed by atoms with Crippen molar-refractivity contribution >= 4 is 17.6 Å². The second-order valence-electron chi connectivity index (χ2n) is 11.2. The molecule has 0 saturated heterocycles. The summed E-state index contributed by atoms with van der Waals surface area (Å²) in [6.45, 7) is 10.7. The molecule has 3 N–H and O–H groups in total. The summed E-state index contributed by atoms with van der Waals surface area (Å²) in [5.41, 5.74) is 9.64. The molecule has 0 atom stereocenters. The number of ether oxygens (including phenoxy) is 3. The highest BCUT2D eigenvalue weighted by Gasteiger charge is 2.15. The summed E-state index contributed by atoms with van der Waals surface area (Å²) >= 11 is 0. The molecule has 0 unspecified atom stereocenters. The first-order valence-electron chi connectivity index (χ1n) is 16.9. The van der Waals surface area contributed by atoms with E-state index in [9.17, 15) is 9.59 Å². The van der Waals surface area contributed by atoms with Crippen LogP contribution in [0.2, 0.25) is 0 Å². The Balaban J connectivity index is 0.000000681. The van der Waals surface area contributed by atoms with Gasteiger partial charge in [0.15, 0.2) is 0 Å². The molecule has 0 aliphatic rings. The zero-order valence-electron chi connectivity index (χ0n) is 28.7. The van der Waals surface area contributed by atoms with Gasteiger partial charge < -0.3 is 30.2 Å². The lowest BCUT2D eigenvalue weighted by atomic mass is 10.1. The average Bonchev–Trinajstić information content (AvgIpc) is 3.13. The van der Waals surface area contributed by atoms with Crippen LogP contribution in [-0.4, -0.2) is 49.6 Å². The molecule has 8 heteroatoms. The lowest BCUT2D eigenvalue weighted by Gasteiger charge is -2.18. The molecule has 4 aromatic carbocycles. The van der Waals surface area contributed by atoms with Crippen LogP contribution < -0.4 is 20.5 Å². The lowest BCUT2D eigenvalue weighted by Crippen LogP contribution is -2.27. The van der Waals surface area contributed by atoms with Crippen molar-refractivity contribution < 1.29 is 23.8 Å². The second-order valence-corrected chi connectivity index (χ2v) is 11.2. The molecule has 0 aliphatic carbocycles. The van der Waals surface area contributed by atoms with E-state index >= 15 is 0 Å². The van der Waals surface area contributed by atoms with Crippen molar-refractivity contribution in [2.75, 3.05) is 38.2 Å². The molecule has 0 aliphatic heterocycles. The van der Waals surface area contributed by atoms with Crippen LogP contribution in [0.15, 0.2) is 103 Å². The van der Waals surface area contributed by atoms with Crippen molar-refractivity contribution in [2.45, 2.75) is 59.6 Å². The number of hydrogen-bond acceptors (Lipinski definition) is 7. The molecule has 0 aromatic heterocycles. The van der Waals surface area contributed by atoms with E-state index in [1.807, 2.05) is 84.9 Å². The SMILES string of the molecule is CCCCOc1cc(C(=O)OCCN(CC)CC)ccc1NC(=O)CCc1ccc(OCc2ccccc2)cc1.NCc1ccccc1. The van der Waals surface area contributed by atoms with E-state index in [2.05, 4.69) is 31.0 Å². The molecule has 0 radical (unpaired) electrons. The van der Waals surface area contributed by atoms with Crippen molar-refractivity contribution in [1.82, 2.24) is 4.90 Å². The van der Waals surface area contributed by atoms with Gasteiger partial charge in [0.25, 0.3) is 0 Å². The summed E-state index contributed by atoms with van der Waals surface area (Å²) in [5, 5.41) is 2.95. The number of hydrogen-bond donors (Lipinski definition) is 2. The highest BCUT2D eigenvalue weighted by molar-refractivity contribution is 5.95. The van der Waals surface area contributed by atoms with Crippen molar-refractivity contribution in [3.8, 4) is 11.5 Å². The molecular weight excluding hydrogens is 602 g/mol. The Morgan fingerprint density at radius 3 is 2.02 bits per heavy atom. The van der Waals surface area contributed by atoms with Gasteiger partial charge in [-0.3, -0.25) is 4.79 Å². The fraction of sp³-hybridized carbons (Fsp3) is 0.350. The van der Waals surface area contributed by atoms with E-state index in [-0.39, 0.29) is 5.91 Å². The number of nitrogens with two attached hydrogens (primary N) is 1. The van der Waals surface area contributed by atoms with Crippen molar-refractivity contribution in [2.24, 2.45) is 5.73 Å². The van der Waals surface area contributed by atoms with Gasteiger partial charge in [-0.25, -0.2) is 4.79 Å². The molecule has 4 rings (SSSR count). The van der Waals surface area contributed by atoms with Crippen LogP contribution in [0, 0.1) is 0 Å². The zero-order valence-corrected chi connectivity index (χ0v) is 28.7. The molecule has 1 amide bonds. The Bertz CT molecular complexity index is 1480. The number of amides is 1. The fourth-order valence-corrected chi connectivity index (χ4v) is 4.67. The quantitative estimate of drug-likeness (QED) is 0.0840. The van der Waals surface area contributed by atoms with Crippen LogP contribution >= 0.6 is 0 Å². The van der Waals surface area contributed by atoms with Gasteiger partial charge >= 0.3 is 5.97 Å². The minimum absolute atomic E-state index is 0.126. The van der Waals surface area contributed by atoms with Crippen molar-refractivity contribution in [3.63, 3.8) is 0 Å². The van der Waals surface area contributed by atoms with Crippen LogP contribution in [-0.2, 0) is 29.1 Å². The standard InChI is InChI=1S/C33H42N2O5.C7H9N/c1-4-7-22-38-31-24-28(33(37)39-23-21-35(5-2)6-3)16-19-30(31)34-32(36)20-15-26-13-17-29(18-14-26)40-25-27-11-9-8-10-12-27;8-6-7-4-2-1-3-5-7/h8-14,16-19,24H,4-7,15,20-23,25H2,1-3H3,(H,34,36);1-5H,6,8H2. The number of nitrogens with zero attached hydrogens (tertiary/aromatic N) is 1. The van der Waals surface area contributed by atoms with Crippen molar-refractivity contribution in [1.29, 1.82) is 0 Å². The van der Waals surface area contributed by atoms with Crippen LogP contribution in [0.4, 0.5) is 5.69 Å². The topological polar surface area (TPSA) is 103 Å². The summed E-state index contributed by atoms with van der Waals surface area (Å²) in [6, 6.07) is 32.8. The molecule has 48 heavy (non-hydrogen) atoms. The molecule has 256 valence electrons. The van der Waals surface area contributed by atoms with Crippen LogP contribution in [0.3, 0.4) is 0 Å². The number of esters is 1. The largest absolute Gasteiger partial charge is 0.491 e. The highest BCUT2D eigenvalue weighted by atomic mass is 16.5. The van der Waals surface area contributed by atoms with E-state index in [1.54, 1.807) is 18.2 Å². The van der Waals surface area contributed by atoms with Crippen LogP contribution in [0.25, 0.3) is 0 Å². The number of carbonyl (C=O) groups is 2. The van der Waals surface area contributed by atoms with Crippen LogP contribution in [0.5, 0.6) is 11.5 Å². The first-order chi connectivity index (χ1) is 23.4. The second kappa shape index (κ2) is 22.0. The molecule has 0 spiro atoms. The molecule has 0 saturated carbocycles. The Labute approximate surface area is 286 Å². The maximum atomic E-state index is 12.8. The summed E-state index contributed by atoms with van der Waals surface area (Å²) in [7, 11) is 0. The summed E-state index contributed by atoms with van der Waals surface area (Å²) in [5.74, 6) is 0.735. The van der Waals surface area contributed by atoms with Gasteiger partial charge in [0.1, 0.15) is 24.7 Å². The van der Waals surface area contributed by atoms with Gasteiger partial charge in [0, 0.05) is 19.5 Å². The molecular formula is C40H51N3O5. The first-order valence-corrected chi connectivity index (χ1v) is 16.9. The Morgan fingerprint density at radius 2 is 1.42 bits per heavy atom. The molecule has 4 aromatic rings. The number of unbranched alkanes of at least 4 members (excludes halogenated alkanes) is 1. The van der Waals surface area contributed by atoms with Gasteiger partial charge in [-0.05, 0) is 73.0 Å². The van der Waals surface area contributed by atoms with Gasteiger partial charge in [-0.1, -0.05) is 100.0 Å². The molecule has 0 bridgehead atoms. The smallest absolute Gasteiger partial charge is 0.338 e. The highest BCUT2D eigenvalue weighted by Crippen LogP contribution is 2.27. The zero-order chi connectivity index (χ0) is 34.4. The third-order valence-electron chi connectivity index (χ3n) is 7.67. The summed E-state index contributed by atoms with van der Waals surface area (Å²) in [4.78, 5) is 27.6. The van der Waals surface area contributed by atoms with E-state index in [0.717, 1.165) is 42.8 Å². The summed E-state index contributed by atoms with van der Waals surface area (Å²) < 4.78 is 17.2. The fourth-order valence-electron chi connectivity index (χ4n) is 4.67. The molecule has 0 fully saturated rings. The lowest BCUT2D eigenvalue weighted by molar-refractivity contribution is -0.116. The first kappa shape index (κ1) is 37.8. The average molecular weight is 654 g/mol. The number of benzene rings is 4. The maximum absolute atomic E-state index is 12.8. The van der Waals surface area contributed by atoms with E-state index in [0.29, 0.717) is 62.8 Å². The monoisotopic (exact) mass is 653 g/mol. The number of likely N-dealkylation sites (N-methyl/N-ethyl adjacent to an activating group) is 1. The number of aryl methyl sites for hydroxylation is 1. The van der Waals surface area contributed by atoms with Crippen molar-refractivity contribution in [3.05, 3.63) is 125 Å². The minimum atomic E-state index is -0.401. The number of carbonyl (C=O) groups excluding carboxylic acids is 2. The predicted molar refractivity (Wildman–Crippen MR) is 193 cm³/mol. The van der Waals surface area contributed by atoms with E-state index < -0.39 is 5.97 Å². The number of nitrogens with one attached hydrogen (secondary N) is 1. The third-order valence-corrected chi connectivity index (χ3v) is 7.67. The predicted octanol–water partition coefficient (Wildman–Crippen LogP) is 7.66. The Kier molecular flexibility index (Phi) is 17.3. The Hall–Kier alpha value is -4.66. The van der Waals surface area contributed by atoms with Gasteiger partial charge in [0.05, 0.1) is 17.9 Å². The summed E-state index contributed by atoms with van der Waals surface area (Å²) in [6.07, 6.45) is 2.75. The van der Waals surface area contributed by atoms with Gasteiger partial charge in [0.2, 0.25) is 5.91 Å². The number of rotatable bonds is 18.